The lowest BCUT2D eigenvalue weighted by Gasteiger charge is -2.72. The van der Waals surface area contributed by atoms with Crippen LogP contribution in [0.25, 0.3) is 0 Å². The molecule has 0 spiro atoms. The first-order chi connectivity index (χ1) is 29.1. The van der Waals surface area contributed by atoms with Crippen LogP contribution in [0.5, 0.6) is 5.88 Å². The van der Waals surface area contributed by atoms with Crippen molar-refractivity contribution in [3.05, 3.63) is 59.3 Å². The van der Waals surface area contributed by atoms with E-state index in [1.807, 2.05) is 0 Å². The Labute approximate surface area is 372 Å². The molecule has 9 nitrogen and oxygen atoms in total. The average Bonchev–Trinajstić information content (AvgIpc) is 3.60. The van der Waals surface area contributed by atoms with Gasteiger partial charge >= 0.3 is 5.97 Å². The number of sulfone groups is 1. The van der Waals surface area contributed by atoms with E-state index in [-0.39, 0.29) is 44.9 Å². The van der Waals surface area contributed by atoms with Gasteiger partial charge in [-0.3, -0.25) is 4.79 Å². The molecule has 8 rings (SSSR count). The van der Waals surface area contributed by atoms with E-state index >= 15 is 0 Å². The molecule has 0 amide bonds. The molecule has 10 atom stereocenters. The second-order valence-corrected chi connectivity index (χ2v) is 25.4. The lowest BCUT2D eigenvalue weighted by atomic mass is 9.33. The van der Waals surface area contributed by atoms with Crippen LogP contribution < -0.4 is 10.1 Å². The molecule has 340 valence electrons. The molecule has 7 aliphatic carbocycles. The Morgan fingerprint density at radius 2 is 1.69 bits per heavy atom. The fourth-order valence-corrected chi connectivity index (χ4v) is 17.4. The molecule has 0 aliphatic heterocycles. The number of pyridine rings is 1. The van der Waals surface area contributed by atoms with Crippen LogP contribution in [0, 0.1) is 68.0 Å². The number of fused-ring (bicyclic) bond motifs is 7. The van der Waals surface area contributed by atoms with Crippen molar-refractivity contribution in [2.75, 3.05) is 19.4 Å². The van der Waals surface area contributed by atoms with Crippen LogP contribution in [-0.4, -0.2) is 65.4 Å². The van der Waals surface area contributed by atoms with Gasteiger partial charge in [0, 0.05) is 18.0 Å². The van der Waals surface area contributed by atoms with E-state index in [1.165, 1.54) is 61.5 Å². The van der Waals surface area contributed by atoms with Crippen LogP contribution in [0.15, 0.2) is 53.8 Å². The number of hydrogen-bond donors (Lipinski definition) is 3. The lowest BCUT2D eigenvalue weighted by Crippen LogP contribution is -2.68. The number of nitriles is 1. The maximum atomic E-state index is 12.8. The molecule has 7 aliphatic rings. The van der Waals surface area contributed by atoms with E-state index in [0.717, 1.165) is 25.8 Å². The molecule has 5 fully saturated rings. The van der Waals surface area contributed by atoms with E-state index in [9.17, 15) is 28.7 Å². The summed E-state index contributed by atoms with van der Waals surface area (Å²) in [5.74, 6) is 2.06. The second kappa shape index (κ2) is 15.9. The quantitative estimate of drug-likeness (QED) is 0.185. The zero-order chi connectivity index (χ0) is 44.7. The van der Waals surface area contributed by atoms with E-state index in [2.05, 4.69) is 76.6 Å². The molecule has 0 aromatic carbocycles. The smallest absolute Gasteiger partial charge is 0.313 e. The molecular formula is C52H75N3O6S. The number of ether oxygens (including phenoxy) is 1. The summed E-state index contributed by atoms with van der Waals surface area (Å²) in [7, 11) is -3.08. The topological polar surface area (TPSA) is 150 Å². The maximum absolute atomic E-state index is 12.8. The number of hydrogen-bond acceptors (Lipinski definition) is 8. The molecule has 5 saturated carbocycles. The Balaban J connectivity index is 0.998. The Morgan fingerprint density at radius 3 is 2.34 bits per heavy atom. The third-order valence-corrected chi connectivity index (χ3v) is 21.7. The Morgan fingerprint density at radius 1 is 0.952 bits per heavy atom. The van der Waals surface area contributed by atoms with E-state index < -0.39 is 26.8 Å². The summed E-state index contributed by atoms with van der Waals surface area (Å²) >= 11 is 0. The maximum Gasteiger partial charge on any atom is 0.313 e. The molecule has 0 saturated heterocycles. The van der Waals surface area contributed by atoms with Crippen LogP contribution in [0.3, 0.4) is 0 Å². The van der Waals surface area contributed by atoms with Crippen molar-refractivity contribution in [1.82, 2.24) is 10.3 Å². The van der Waals surface area contributed by atoms with Gasteiger partial charge in [-0.05, 0) is 197 Å². The summed E-state index contributed by atoms with van der Waals surface area (Å²) in [4.78, 5) is 17.0. The first-order valence-electron chi connectivity index (χ1n) is 24.0. The molecule has 10 heteroatoms. The predicted octanol–water partition coefficient (Wildman–Crippen LogP) is 10.2. The molecule has 3 N–H and O–H groups in total. The minimum atomic E-state index is -3.08. The number of carboxylic acids is 1. The summed E-state index contributed by atoms with van der Waals surface area (Å²) in [5.41, 5.74) is 3.02. The minimum absolute atomic E-state index is 0.0230. The SMILES string of the molecule is C=C(C)[C@@H]1CC[C@]2(NCC[C@]3(O)CC[C@H](S(C)(=O)=O)CC3)CC[C@]3(C)[C@H](CCC4[C@@]5(C)CC=C(C6=CC[C@](COc7ncccc7C#N)(C(=O)O)CC6)C(C)(C)C5CC[C@]43C)C12. The van der Waals surface area contributed by atoms with Gasteiger partial charge in [-0.15, -0.1) is 0 Å². The van der Waals surface area contributed by atoms with E-state index in [1.54, 1.807) is 18.3 Å². The van der Waals surface area contributed by atoms with Crippen molar-refractivity contribution in [1.29, 1.82) is 5.26 Å². The average molecular weight is 870 g/mol. The lowest BCUT2D eigenvalue weighted by molar-refractivity contribution is -0.221. The van der Waals surface area contributed by atoms with Gasteiger partial charge in [-0.2, -0.15) is 5.26 Å². The molecule has 1 aromatic rings. The second-order valence-electron chi connectivity index (χ2n) is 23.1. The Hall–Kier alpha value is -3.00. The first-order valence-corrected chi connectivity index (χ1v) is 26.0. The van der Waals surface area contributed by atoms with Crippen LogP contribution in [-0.2, 0) is 14.6 Å². The van der Waals surface area contributed by atoms with Crippen LogP contribution in [0.2, 0.25) is 0 Å². The summed E-state index contributed by atoms with van der Waals surface area (Å²) in [6, 6.07) is 5.42. The highest BCUT2D eigenvalue weighted by Crippen LogP contribution is 2.76. The summed E-state index contributed by atoms with van der Waals surface area (Å²) in [6.45, 7) is 20.5. The highest BCUT2D eigenvalue weighted by molar-refractivity contribution is 7.91. The zero-order valence-corrected chi connectivity index (χ0v) is 39.6. The Kier molecular flexibility index (Phi) is 11.7. The van der Waals surface area contributed by atoms with E-state index in [0.29, 0.717) is 86.5 Å². The van der Waals surface area contributed by atoms with Crippen LogP contribution >= 0.6 is 0 Å². The van der Waals surface area contributed by atoms with Gasteiger partial charge in [-0.1, -0.05) is 58.9 Å². The molecule has 1 heterocycles. The number of allylic oxidation sites excluding steroid dienone is 5. The van der Waals surface area contributed by atoms with Crippen molar-refractivity contribution in [2.45, 2.75) is 167 Å². The molecular weight excluding hydrogens is 795 g/mol. The number of aliphatic hydroxyl groups is 1. The monoisotopic (exact) mass is 870 g/mol. The number of rotatable bonds is 11. The molecule has 0 bridgehead atoms. The fraction of sp³-hybridized carbons (Fsp3) is 0.750. The Bertz CT molecular complexity index is 2170. The van der Waals surface area contributed by atoms with Gasteiger partial charge in [0.05, 0.1) is 10.9 Å². The van der Waals surface area contributed by atoms with Gasteiger partial charge in [0.2, 0.25) is 5.88 Å². The number of aliphatic carboxylic acids is 1. The van der Waals surface area contributed by atoms with Crippen LogP contribution in [0.4, 0.5) is 0 Å². The molecule has 0 radical (unpaired) electrons. The predicted molar refractivity (Wildman–Crippen MR) is 244 cm³/mol. The van der Waals surface area contributed by atoms with Gasteiger partial charge in [-0.25, -0.2) is 13.4 Å². The summed E-state index contributed by atoms with van der Waals surface area (Å²) < 4.78 is 30.4. The zero-order valence-electron chi connectivity index (χ0n) is 38.8. The van der Waals surface area contributed by atoms with Crippen LogP contribution in [0.1, 0.15) is 156 Å². The highest BCUT2D eigenvalue weighted by Gasteiger charge is 2.70. The van der Waals surface area contributed by atoms with Gasteiger partial charge in [0.1, 0.15) is 33.5 Å². The molecule has 3 unspecified atom stereocenters. The fourth-order valence-electron chi connectivity index (χ4n) is 16.3. The van der Waals surface area contributed by atoms with Gasteiger partial charge in [0.25, 0.3) is 0 Å². The summed E-state index contributed by atoms with van der Waals surface area (Å²) in [6.07, 6.45) is 22.7. The van der Waals surface area contributed by atoms with Crippen molar-refractivity contribution in [3.8, 4) is 11.9 Å². The molecule has 62 heavy (non-hydrogen) atoms. The summed E-state index contributed by atoms with van der Waals surface area (Å²) in [5, 5.41) is 35.5. The number of carboxylic acid groups (broad SMARTS) is 1. The van der Waals surface area contributed by atoms with Crippen molar-refractivity contribution in [3.63, 3.8) is 0 Å². The van der Waals surface area contributed by atoms with Crippen molar-refractivity contribution < 1.29 is 28.2 Å². The highest BCUT2D eigenvalue weighted by atomic mass is 32.2. The first kappa shape index (κ1) is 45.6. The van der Waals surface area contributed by atoms with Crippen molar-refractivity contribution in [2.24, 2.45) is 56.7 Å². The van der Waals surface area contributed by atoms with Gasteiger partial charge in [0.15, 0.2) is 0 Å². The van der Waals surface area contributed by atoms with E-state index in [4.69, 9.17) is 4.74 Å². The number of nitrogens with zero attached hydrogens (tertiary/aromatic N) is 2. The minimum Gasteiger partial charge on any atom is -0.481 e. The number of nitrogens with one attached hydrogen (secondary N) is 1. The third-order valence-electron chi connectivity index (χ3n) is 20.0. The normalized spacial score (nSPS) is 42.4. The third kappa shape index (κ3) is 7.25. The largest absolute Gasteiger partial charge is 0.481 e. The number of aromatic nitrogens is 1. The van der Waals surface area contributed by atoms with Crippen molar-refractivity contribution >= 4 is 15.8 Å². The van der Waals surface area contributed by atoms with Gasteiger partial charge < -0.3 is 20.3 Å². The number of carbonyl (C=O) groups is 1. The molecule has 1 aromatic heterocycles. The standard InChI is InChI=1S/C52H75N3O6S/c1-34(2)38-17-26-52(55-31-29-51(58)24-15-37(16-25-51)62(8,59)60)28-27-48(6)40(43(38)52)11-12-42-47(5)20-18-39(46(3,4)41(47)19-21-49(42,48)7)35-13-22-50(23-14-35,45(56)57)33-61-44-36(32-53)10-9-30-54-44/h9-10,13,18,30,37-38,40-43,55,58H,1,11-12,14-17,19-29,31,33H2,2-8H3,(H,56,57)/t37-,38-,40+,41?,42?,43?,47-,48+,49+,50-,51-,52-/m0/s1.